The standard InChI is InChI=1S/C15H22N2O2S/c1-15(19)6-8-16(11-15)10-14(18)17-7-2-4-12(17)13-5-3-9-20-13/h3,5,9,12,19H,2,4,6-8,10-11H2,1H3. The van der Waals surface area contributed by atoms with Crippen LogP contribution in [0, 0.1) is 0 Å². The number of hydrogen-bond donors (Lipinski definition) is 1. The van der Waals surface area contributed by atoms with Gasteiger partial charge in [-0.1, -0.05) is 6.07 Å². The summed E-state index contributed by atoms with van der Waals surface area (Å²) < 4.78 is 0. The monoisotopic (exact) mass is 294 g/mol. The van der Waals surface area contributed by atoms with Crippen LogP contribution >= 0.6 is 11.3 Å². The first-order valence-electron chi connectivity index (χ1n) is 7.33. The predicted octanol–water partition coefficient (Wildman–Crippen LogP) is 1.87. The molecule has 2 aliphatic heterocycles. The molecular weight excluding hydrogens is 272 g/mol. The Morgan fingerprint density at radius 1 is 1.55 bits per heavy atom. The van der Waals surface area contributed by atoms with E-state index >= 15 is 0 Å². The van der Waals surface area contributed by atoms with E-state index in [9.17, 15) is 9.90 Å². The fourth-order valence-electron chi connectivity index (χ4n) is 3.30. The molecule has 0 aromatic carbocycles. The van der Waals surface area contributed by atoms with Crippen LogP contribution in [0.3, 0.4) is 0 Å². The first kappa shape index (κ1) is 14.0. The summed E-state index contributed by atoms with van der Waals surface area (Å²) in [6.07, 6.45) is 2.92. The minimum absolute atomic E-state index is 0.207. The minimum atomic E-state index is -0.627. The molecule has 20 heavy (non-hydrogen) atoms. The third-order valence-corrected chi connectivity index (χ3v) is 5.31. The van der Waals surface area contributed by atoms with Gasteiger partial charge in [0.1, 0.15) is 0 Å². The van der Waals surface area contributed by atoms with Crippen LogP contribution in [0.2, 0.25) is 0 Å². The van der Waals surface area contributed by atoms with Crippen LogP contribution < -0.4 is 0 Å². The van der Waals surface area contributed by atoms with Crippen molar-refractivity contribution in [3.05, 3.63) is 22.4 Å². The molecule has 0 spiro atoms. The summed E-state index contributed by atoms with van der Waals surface area (Å²) in [7, 11) is 0. The highest BCUT2D eigenvalue weighted by molar-refractivity contribution is 7.10. The molecule has 0 radical (unpaired) electrons. The zero-order chi connectivity index (χ0) is 14.2. The van der Waals surface area contributed by atoms with Crippen molar-refractivity contribution in [3.63, 3.8) is 0 Å². The van der Waals surface area contributed by atoms with Gasteiger partial charge in [0.25, 0.3) is 0 Å². The fourth-order valence-corrected chi connectivity index (χ4v) is 4.17. The Labute approximate surface area is 124 Å². The average Bonchev–Trinajstić information content (AvgIpc) is 3.08. The lowest BCUT2D eigenvalue weighted by molar-refractivity contribution is -0.133. The van der Waals surface area contributed by atoms with Crippen LogP contribution in [0.15, 0.2) is 17.5 Å². The molecule has 1 amide bonds. The van der Waals surface area contributed by atoms with E-state index in [0.29, 0.717) is 13.1 Å². The average molecular weight is 294 g/mol. The number of rotatable bonds is 3. The quantitative estimate of drug-likeness (QED) is 0.925. The molecule has 4 nitrogen and oxygen atoms in total. The molecule has 3 rings (SSSR count). The van der Waals surface area contributed by atoms with E-state index in [4.69, 9.17) is 0 Å². The second-order valence-electron chi connectivity index (χ2n) is 6.22. The van der Waals surface area contributed by atoms with E-state index in [1.165, 1.54) is 4.88 Å². The summed E-state index contributed by atoms with van der Waals surface area (Å²) in [5, 5.41) is 12.1. The second-order valence-corrected chi connectivity index (χ2v) is 7.20. The molecule has 2 atom stereocenters. The molecule has 5 heteroatoms. The van der Waals surface area contributed by atoms with Crippen molar-refractivity contribution in [1.82, 2.24) is 9.80 Å². The molecular formula is C15H22N2O2S. The normalized spacial score (nSPS) is 31.1. The fraction of sp³-hybridized carbons (Fsp3) is 0.667. The number of β-amino-alcohol motifs (C(OH)–C–C–N with tert-alkyl or cyclic N) is 1. The van der Waals surface area contributed by atoms with E-state index in [-0.39, 0.29) is 11.9 Å². The summed E-state index contributed by atoms with van der Waals surface area (Å²) >= 11 is 1.74. The molecule has 1 aromatic heterocycles. The van der Waals surface area contributed by atoms with Gasteiger partial charge in [-0.2, -0.15) is 0 Å². The number of hydrogen-bond acceptors (Lipinski definition) is 4. The molecule has 110 valence electrons. The van der Waals surface area contributed by atoms with Gasteiger partial charge in [-0.25, -0.2) is 0 Å². The number of amides is 1. The van der Waals surface area contributed by atoms with Gasteiger partial charge in [0.15, 0.2) is 0 Å². The van der Waals surface area contributed by atoms with Crippen molar-refractivity contribution >= 4 is 17.2 Å². The Bertz CT molecular complexity index is 472. The molecule has 3 heterocycles. The molecule has 2 aliphatic rings. The third kappa shape index (κ3) is 2.90. The highest BCUT2D eigenvalue weighted by atomic mass is 32.1. The molecule has 0 bridgehead atoms. The smallest absolute Gasteiger partial charge is 0.237 e. The Balaban J connectivity index is 1.62. The van der Waals surface area contributed by atoms with Crippen LogP contribution in [0.4, 0.5) is 0 Å². The number of likely N-dealkylation sites (tertiary alicyclic amines) is 2. The first-order chi connectivity index (χ1) is 9.55. The van der Waals surface area contributed by atoms with Gasteiger partial charge in [0.2, 0.25) is 5.91 Å². The van der Waals surface area contributed by atoms with Gasteiger partial charge in [0.05, 0.1) is 18.2 Å². The summed E-state index contributed by atoms with van der Waals surface area (Å²) in [5.74, 6) is 0.207. The maximum Gasteiger partial charge on any atom is 0.237 e. The van der Waals surface area contributed by atoms with E-state index in [0.717, 1.165) is 32.4 Å². The minimum Gasteiger partial charge on any atom is -0.389 e. The lowest BCUT2D eigenvalue weighted by Crippen LogP contribution is -2.40. The summed E-state index contributed by atoms with van der Waals surface area (Å²) in [6, 6.07) is 4.45. The van der Waals surface area contributed by atoms with Crippen molar-refractivity contribution in [2.75, 3.05) is 26.2 Å². The summed E-state index contributed by atoms with van der Waals surface area (Å²) in [5.41, 5.74) is -0.627. The molecule has 2 saturated heterocycles. The van der Waals surface area contributed by atoms with Crippen molar-refractivity contribution in [2.24, 2.45) is 0 Å². The maximum absolute atomic E-state index is 12.5. The number of aliphatic hydroxyl groups is 1. The van der Waals surface area contributed by atoms with E-state index < -0.39 is 5.60 Å². The zero-order valence-corrected chi connectivity index (χ0v) is 12.7. The molecule has 0 aliphatic carbocycles. The summed E-state index contributed by atoms with van der Waals surface area (Å²) in [4.78, 5) is 17.9. The Kier molecular flexibility index (Phi) is 3.84. The van der Waals surface area contributed by atoms with Gasteiger partial charge in [-0.05, 0) is 37.6 Å². The van der Waals surface area contributed by atoms with Crippen LogP contribution in [-0.2, 0) is 4.79 Å². The van der Waals surface area contributed by atoms with Crippen LogP contribution in [0.1, 0.15) is 37.1 Å². The van der Waals surface area contributed by atoms with Gasteiger partial charge in [-0.15, -0.1) is 11.3 Å². The lowest BCUT2D eigenvalue weighted by atomic mass is 10.1. The predicted molar refractivity (Wildman–Crippen MR) is 79.7 cm³/mol. The van der Waals surface area contributed by atoms with E-state index in [1.807, 2.05) is 11.8 Å². The van der Waals surface area contributed by atoms with Gasteiger partial charge >= 0.3 is 0 Å². The first-order valence-corrected chi connectivity index (χ1v) is 8.21. The Hall–Kier alpha value is -0.910. The Morgan fingerprint density at radius 2 is 2.40 bits per heavy atom. The van der Waals surface area contributed by atoms with Gasteiger partial charge < -0.3 is 10.0 Å². The highest BCUT2D eigenvalue weighted by Gasteiger charge is 2.35. The number of nitrogens with zero attached hydrogens (tertiary/aromatic N) is 2. The SMILES string of the molecule is CC1(O)CCN(CC(=O)N2CCCC2c2cccs2)C1. The topological polar surface area (TPSA) is 43.8 Å². The molecule has 1 N–H and O–H groups in total. The number of carbonyl (C=O) groups excluding carboxylic acids is 1. The van der Waals surface area contributed by atoms with Crippen molar-refractivity contribution in [3.8, 4) is 0 Å². The number of thiophene rings is 1. The van der Waals surface area contributed by atoms with Gasteiger partial charge in [-0.3, -0.25) is 9.69 Å². The largest absolute Gasteiger partial charge is 0.389 e. The summed E-state index contributed by atoms with van der Waals surface area (Å²) in [6.45, 7) is 4.58. The maximum atomic E-state index is 12.5. The highest BCUT2D eigenvalue weighted by Crippen LogP contribution is 2.34. The molecule has 1 aromatic rings. The van der Waals surface area contributed by atoms with E-state index in [2.05, 4.69) is 22.4 Å². The number of carbonyl (C=O) groups is 1. The Morgan fingerprint density at radius 3 is 3.05 bits per heavy atom. The van der Waals surface area contributed by atoms with Gasteiger partial charge in [0, 0.05) is 24.5 Å². The van der Waals surface area contributed by atoms with Crippen LogP contribution in [0.5, 0.6) is 0 Å². The molecule has 2 unspecified atom stereocenters. The van der Waals surface area contributed by atoms with Crippen molar-refractivity contribution in [2.45, 2.75) is 37.8 Å². The van der Waals surface area contributed by atoms with Crippen molar-refractivity contribution in [1.29, 1.82) is 0 Å². The van der Waals surface area contributed by atoms with E-state index in [1.54, 1.807) is 11.3 Å². The molecule has 0 saturated carbocycles. The zero-order valence-electron chi connectivity index (χ0n) is 11.9. The van der Waals surface area contributed by atoms with Crippen molar-refractivity contribution < 1.29 is 9.90 Å². The molecule has 2 fully saturated rings. The van der Waals surface area contributed by atoms with Crippen LogP contribution in [-0.4, -0.2) is 52.6 Å². The van der Waals surface area contributed by atoms with Crippen LogP contribution in [0.25, 0.3) is 0 Å². The third-order valence-electron chi connectivity index (χ3n) is 4.33. The second kappa shape index (κ2) is 5.47. The lowest BCUT2D eigenvalue weighted by Gasteiger charge is -2.26.